The molecule has 2 N–H and O–H groups in total. The van der Waals surface area contributed by atoms with E-state index in [-0.39, 0.29) is 5.91 Å². The van der Waals surface area contributed by atoms with Crippen LogP contribution in [0.5, 0.6) is 0 Å². The van der Waals surface area contributed by atoms with E-state index in [1.807, 2.05) is 0 Å². The van der Waals surface area contributed by atoms with Crippen LogP contribution >= 0.6 is 0 Å². The lowest BCUT2D eigenvalue weighted by atomic mass is 10.0. The van der Waals surface area contributed by atoms with Gasteiger partial charge in [-0.25, -0.2) is 0 Å². The average molecular weight is 157 g/mol. The van der Waals surface area contributed by atoms with Crippen molar-refractivity contribution in [2.24, 2.45) is 11.7 Å². The molecule has 11 heavy (non-hydrogen) atoms. The zero-order chi connectivity index (χ0) is 8.27. The van der Waals surface area contributed by atoms with Gasteiger partial charge >= 0.3 is 0 Å². The van der Waals surface area contributed by atoms with Crippen LogP contribution in [0.25, 0.3) is 0 Å². The SMILES string of the molecule is CO[C@H]1CC[C@@H](CC(N)=O)C1. The normalized spacial score (nSPS) is 30.6. The number of primary amides is 1. The highest BCUT2D eigenvalue weighted by Gasteiger charge is 2.25. The first-order valence-corrected chi connectivity index (χ1v) is 4.03. The number of carbonyl (C=O) groups excluding carboxylic acids is 1. The molecule has 64 valence electrons. The molecule has 0 saturated heterocycles. The van der Waals surface area contributed by atoms with Crippen LogP contribution in [-0.4, -0.2) is 19.1 Å². The number of carbonyl (C=O) groups is 1. The highest BCUT2D eigenvalue weighted by atomic mass is 16.5. The molecule has 1 rings (SSSR count). The van der Waals surface area contributed by atoms with Crippen molar-refractivity contribution in [3.8, 4) is 0 Å². The Kier molecular flexibility index (Phi) is 2.88. The number of ether oxygens (including phenoxy) is 1. The van der Waals surface area contributed by atoms with E-state index >= 15 is 0 Å². The molecule has 0 heterocycles. The second-order valence-electron chi connectivity index (χ2n) is 3.21. The van der Waals surface area contributed by atoms with Gasteiger partial charge in [-0.3, -0.25) is 4.79 Å². The van der Waals surface area contributed by atoms with Crippen molar-refractivity contribution < 1.29 is 9.53 Å². The maximum Gasteiger partial charge on any atom is 0.217 e. The largest absolute Gasteiger partial charge is 0.381 e. The molecule has 0 spiro atoms. The summed E-state index contributed by atoms with van der Waals surface area (Å²) in [5.74, 6) is 0.282. The van der Waals surface area contributed by atoms with E-state index in [9.17, 15) is 4.79 Å². The summed E-state index contributed by atoms with van der Waals surface area (Å²) in [5, 5.41) is 0. The zero-order valence-corrected chi connectivity index (χ0v) is 6.88. The summed E-state index contributed by atoms with van der Waals surface area (Å²) < 4.78 is 5.17. The molecule has 0 aliphatic heterocycles. The fraction of sp³-hybridized carbons (Fsp3) is 0.875. The van der Waals surface area contributed by atoms with Gasteiger partial charge in [-0.2, -0.15) is 0 Å². The Hall–Kier alpha value is -0.570. The van der Waals surface area contributed by atoms with Crippen LogP contribution in [0.2, 0.25) is 0 Å². The molecule has 0 unspecified atom stereocenters. The minimum atomic E-state index is -0.188. The Morgan fingerprint density at radius 2 is 2.36 bits per heavy atom. The predicted molar refractivity (Wildman–Crippen MR) is 41.9 cm³/mol. The van der Waals surface area contributed by atoms with Gasteiger partial charge in [0.25, 0.3) is 0 Å². The monoisotopic (exact) mass is 157 g/mol. The van der Waals surface area contributed by atoms with Gasteiger partial charge in [0, 0.05) is 13.5 Å². The second kappa shape index (κ2) is 3.72. The first kappa shape index (κ1) is 8.53. The highest BCUT2D eigenvalue weighted by molar-refractivity contribution is 5.74. The molecule has 1 amide bonds. The van der Waals surface area contributed by atoms with Crippen LogP contribution in [0.15, 0.2) is 0 Å². The molecule has 2 atom stereocenters. The topological polar surface area (TPSA) is 52.3 Å². The maximum atomic E-state index is 10.5. The van der Waals surface area contributed by atoms with Crippen LogP contribution in [0.1, 0.15) is 25.7 Å². The molecule has 3 heteroatoms. The van der Waals surface area contributed by atoms with Gasteiger partial charge in [0.2, 0.25) is 5.91 Å². The quantitative estimate of drug-likeness (QED) is 0.654. The lowest BCUT2D eigenvalue weighted by Crippen LogP contribution is -2.15. The number of methoxy groups -OCH3 is 1. The number of amides is 1. The molecule has 0 radical (unpaired) electrons. The molecular formula is C8H15NO2. The van der Waals surface area contributed by atoms with Crippen molar-refractivity contribution in [1.82, 2.24) is 0 Å². The van der Waals surface area contributed by atoms with Gasteiger partial charge in [0.05, 0.1) is 6.10 Å². The highest BCUT2D eigenvalue weighted by Crippen LogP contribution is 2.29. The zero-order valence-electron chi connectivity index (χ0n) is 6.88. The third kappa shape index (κ3) is 2.50. The molecule has 1 aliphatic rings. The Labute approximate surface area is 66.9 Å². The van der Waals surface area contributed by atoms with Crippen molar-refractivity contribution in [2.75, 3.05) is 7.11 Å². The van der Waals surface area contributed by atoms with Crippen molar-refractivity contribution in [1.29, 1.82) is 0 Å². The Morgan fingerprint density at radius 1 is 1.64 bits per heavy atom. The summed E-state index contributed by atoms with van der Waals surface area (Å²) in [6.07, 6.45) is 4.05. The molecule has 1 aliphatic carbocycles. The predicted octanol–water partition coefficient (Wildman–Crippen LogP) is 0.677. The minimum Gasteiger partial charge on any atom is -0.381 e. The number of hydrogen-bond acceptors (Lipinski definition) is 2. The summed E-state index contributed by atoms with van der Waals surface area (Å²) in [5.41, 5.74) is 5.08. The molecular weight excluding hydrogens is 142 g/mol. The lowest BCUT2D eigenvalue weighted by Gasteiger charge is -2.07. The standard InChI is InChI=1S/C8H15NO2/c1-11-7-3-2-6(4-7)5-8(9)10/h6-7H,2-5H2,1H3,(H2,9,10)/t6-,7+/m1/s1. The second-order valence-corrected chi connectivity index (χ2v) is 3.21. The lowest BCUT2D eigenvalue weighted by molar-refractivity contribution is -0.118. The van der Waals surface area contributed by atoms with Gasteiger partial charge in [0.15, 0.2) is 0 Å². The Morgan fingerprint density at radius 3 is 2.82 bits per heavy atom. The van der Waals surface area contributed by atoms with E-state index < -0.39 is 0 Å². The molecule has 0 aromatic rings. The first-order chi connectivity index (χ1) is 5.22. The van der Waals surface area contributed by atoms with Crippen LogP contribution in [0.4, 0.5) is 0 Å². The summed E-state index contributed by atoms with van der Waals surface area (Å²) in [7, 11) is 1.72. The molecule has 1 saturated carbocycles. The van der Waals surface area contributed by atoms with Crippen molar-refractivity contribution in [3.05, 3.63) is 0 Å². The first-order valence-electron chi connectivity index (χ1n) is 4.03. The van der Waals surface area contributed by atoms with Gasteiger partial charge in [-0.05, 0) is 25.2 Å². The van der Waals surface area contributed by atoms with Crippen LogP contribution < -0.4 is 5.73 Å². The smallest absolute Gasteiger partial charge is 0.217 e. The molecule has 1 fully saturated rings. The van der Waals surface area contributed by atoms with Crippen LogP contribution in [-0.2, 0) is 9.53 Å². The van der Waals surface area contributed by atoms with E-state index in [1.165, 1.54) is 0 Å². The molecule has 0 aromatic carbocycles. The van der Waals surface area contributed by atoms with E-state index in [0.29, 0.717) is 18.4 Å². The van der Waals surface area contributed by atoms with Gasteiger partial charge in [0.1, 0.15) is 0 Å². The Balaban J connectivity index is 2.24. The number of hydrogen-bond donors (Lipinski definition) is 1. The summed E-state index contributed by atoms with van der Waals surface area (Å²) in [6, 6.07) is 0. The van der Waals surface area contributed by atoms with E-state index in [0.717, 1.165) is 19.3 Å². The van der Waals surface area contributed by atoms with E-state index in [1.54, 1.807) is 7.11 Å². The summed E-state index contributed by atoms with van der Waals surface area (Å²) >= 11 is 0. The fourth-order valence-electron chi connectivity index (χ4n) is 1.71. The van der Waals surface area contributed by atoms with Gasteiger partial charge in [-0.15, -0.1) is 0 Å². The molecule has 3 nitrogen and oxygen atoms in total. The van der Waals surface area contributed by atoms with Gasteiger partial charge < -0.3 is 10.5 Å². The third-order valence-corrected chi connectivity index (χ3v) is 2.32. The maximum absolute atomic E-state index is 10.5. The fourth-order valence-corrected chi connectivity index (χ4v) is 1.71. The third-order valence-electron chi connectivity index (χ3n) is 2.32. The molecule has 0 bridgehead atoms. The average Bonchev–Trinajstić information content (AvgIpc) is 2.34. The molecule has 0 aromatic heterocycles. The van der Waals surface area contributed by atoms with E-state index in [2.05, 4.69) is 0 Å². The number of nitrogens with two attached hydrogens (primary N) is 1. The van der Waals surface area contributed by atoms with Crippen molar-refractivity contribution in [3.63, 3.8) is 0 Å². The van der Waals surface area contributed by atoms with Crippen molar-refractivity contribution >= 4 is 5.91 Å². The van der Waals surface area contributed by atoms with Crippen LogP contribution in [0, 0.1) is 5.92 Å². The Bertz CT molecular complexity index is 147. The van der Waals surface area contributed by atoms with E-state index in [4.69, 9.17) is 10.5 Å². The van der Waals surface area contributed by atoms with Crippen LogP contribution in [0.3, 0.4) is 0 Å². The van der Waals surface area contributed by atoms with Crippen molar-refractivity contribution in [2.45, 2.75) is 31.8 Å². The number of rotatable bonds is 3. The summed E-state index contributed by atoms with van der Waals surface area (Å²) in [4.78, 5) is 10.5. The van der Waals surface area contributed by atoms with Gasteiger partial charge in [-0.1, -0.05) is 0 Å². The summed E-state index contributed by atoms with van der Waals surface area (Å²) in [6.45, 7) is 0. The minimum absolute atomic E-state index is 0.188.